The minimum absolute atomic E-state index is 0.424. The van der Waals surface area contributed by atoms with Gasteiger partial charge in [0.25, 0.3) is 0 Å². The predicted octanol–water partition coefficient (Wildman–Crippen LogP) is 5.51. The molecular formula is C21H37NO. The van der Waals surface area contributed by atoms with Crippen molar-refractivity contribution in [1.29, 1.82) is 0 Å². The number of nitrogens with zero attached hydrogens (tertiary/aromatic N) is 1. The van der Waals surface area contributed by atoms with Crippen molar-refractivity contribution in [2.45, 2.75) is 78.4 Å². The first-order valence-corrected chi connectivity index (χ1v) is 9.56. The minimum Gasteiger partial charge on any atom is -0.376 e. The molecule has 0 aromatic carbocycles. The molecule has 1 aliphatic carbocycles. The molecule has 2 heteroatoms. The van der Waals surface area contributed by atoms with E-state index < -0.39 is 0 Å². The number of hydrogen-bond acceptors (Lipinski definition) is 2. The Labute approximate surface area is 144 Å². The Bertz CT molecular complexity index is 383. The van der Waals surface area contributed by atoms with Crippen molar-refractivity contribution in [3.05, 3.63) is 36.0 Å². The smallest absolute Gasteiger partial charge is 0.0730 e. The number of hydrogen-bond donors (Lipinski definition) is 0. The van der Waals surface area contributed by atoms with Crippen LogP contribution in [0, 0.1) is 0 Å². The summed E-state index contributed by atoms with van der Waals surface area (Å²) in [6.45, 7) is 11.9. The first-order valence-electron chi connectivity index (χ1n) is 9.56. The van der Waals surface area contributed by atoms with Crippen molar-refractivity contribution in [1.82, 2.24) is 4.90 Å². The zero-order valence-electron chi connectivity index (χ0n) is 15.8. The third-order valence-corrected chi connectivity index (χ3v) is 4.76. The minimum atomic E-state index is 0.424. The Balaban J connectivity index is 2.49. The second-order valence-electron chi connectivity index (χ2n) is 6.39. The van der Waals surface area contributed by atoms with Crippen LogP contribution in [0.5, 0.6) is 0 Å². The summed E-state index contributed by atoms with van der Waals surface area (Å²) in [4.78, 5) is 2.63. The van der Waals surface area contributed by atoms with Crippen LogP contribution in [0.25, 0.3) is 0 Å². The molecule has 0 bridgehead atoms. The van der Waals surface area contributed by atoms with Crippen LogP contribution in [0.3, 0.4) is 0 Å². The van der Waals surface area contributed by atoms with E-state index in [-0.39, 0.29) is 0 Å². The number of likely N-dealkylation sites (N-methyl/N-ethyl adjacent to an activating group) is 1. The Morgan fingerprint density at radius 2 is 1.91 bits per heavy atom. The first-order chi connectivity index (χ1) is 11.3. The summed E-state index contributed by atoms with van der Waals surface area (Å²) in [5.41, 5.74) is 1.36. The maximum atomic E-state index is 6.33. The second-order valence-corrected chi connectivity index (χ2v) is 6.39. The second kappa shape index (κ2) is 12.5. The third-order valence-electron chi connectivity index (χ3n) is 4.76. The molecule has 2 atom stereocenters. The molecule has 1 fully saturated rings. The fourth-order valence-electron chi connectivity index (χ4n) is 3.48. The maximum Gasteiger partial charge on any atom is 0.0730 e. The molecule has 0 N–H and O–H groups in total. The van der Waals surface area contributed by atoms with Gasteiger partial charge in [0.05, 0.1) is 12.7 Å². The molecule has 132 valence electrons. The fraction of sp³-hybridized carbons (Fsp3) is 0.714. The molecule has 23 heavy (non-hydrogen) atoms. The number of allylic oxidation sites excluding steroid dienone is 5. The van der Waals surface area contributed by atoms with Crippen LogP contribution in [-0.2, 0) is 4.74 Å². The zero-order chi connectivity index (χ0) is 16.9. The SMILES string of the molecule is C\C=C/C=C\C(=C/C)CCO[C@@H]1CCCC[C@H]1N(CC)CCC. The van der Waals surface area contributed by atoms with Crippen LogP contribution in [0.2, 0.25) is 0 Å². The summed E-state index contributed by atoms with van der Waals surface area (Å²) in [7, 11) is 0. The van der Waals surface area contributed by atoms with Crippen molar-refractivity contribution >= 4 is 0 Å². The van der Waals surface area contributed by atoms with Crippen LogP contribution in [0.1, 0.15) is 66.2 Å². The Morgan fingerprint density at radius 3 is 2.57 bits per heavy atom. The average molecular weight is 320 g/mol. The van der Waals surface area contributed by atoms with Crippen molar-refractivity contribution in [3.63, 3.8) is 0 Å². The summed E-state index contributed by atoms with van der Waals surface area (Å²) < 4.78 is 6.33. The molecule has 0 aromatic rings. The normalized spacial score (nSPS) is 23.4. The van der Waals surface area contributed by atoms with Gasteiger partial charge in [0.2, 0.25) is 0 Å². The number of rotatable bonds is 10. The zero-order valence-corrected chi connectivity index (χ0v) is 15.8. The van der Waals surface area contributed by atoms with Gasteiger partial charge in [0, 0.05) is 6.04 Å². The molecule has 1 saturated carbocycles. The third kappa shape index (κ3) is 7.50. The lowest BCUT2D eigenvalue weighted by atomic mass is 9.91. The molecule has 0 saturated heterocycles. The molecule has 0 radical (unpaired) electrons. The Kier molecular flexibility index (Phi) is 11.0. The van der Waals surface area contributed by atoms with Gasteiger partial charge < -0.3 is 4.74 Å². The van der Waals surface area contributed by atoms with E-state index in [1.165, 1.54) is 44.2 Å². The van der Waals surface area contributed by atoms with Crippen LogP contribution in [0.15, 0.2) is 36.0 Å². The van der Waals surface area contributed by atoms with Gasteiger partial charge in [-0.25, -0.2) is 0 Å². The highest BCUT2D eigenvalue weighted by atomic mass is 16.5. The van der Waals surface area contributed by atoms with E-state index in [4.69, 9.17) is 4.74 Å². The van der Waals surface area contributed by atoms with Gasteiger partial charge in [-0.3, -0.25) is 4.90 Å². The molecule has 0 aromatic heterocycles. The van der Waals surface area contributed by atoms with E-state index in [0.717, 1.165) is 19.6 Å². The van der Waals surface area contributed by atoms with E-state index in [1.807, 2.05) is 6.92 Å². The maximum absolute atomic E-state index is 6.33. The molecule has 1 aliphatic rings. The van der Waals surface area contributed by atoms with Gasteiger partial charge in [-0.05, 0) is 52.6 Å². The lowest BCUT2D eigenvalue weighted by Gasteiger charge is -2.39. The molecule has 2 nitrogen and oxygen atoms in total. The predicted molar refractivity (Wildman–Crippen MR) is 102 cm³/mol. The lowest BCUT2D eigenvalue weighted by molar-refractivity contribution is -0.0339. The van der Waals surface area contributed by atoms with E-state index in [1.54, 1.807) is 0 Å². The molecule has 0 aliphatic heterocycles. The topological polar surface area (TPSA) is 12.5 Å². The molecule has 0 amide bonds. The molecule has 0 heterocycles. The van der Waals surface area contributed by atoms with Crippen molar-refractivity contribution in [2.75, 3.05) is 19.7 Å². The van der Waals surface area contributed by atoms with Gasteiger partial charge in [0.1, 0.15) is 0 Å². The van der Waals surface area contributed by atoms with E-state index in [9.17, 15) is 0 Å². The van der Waals surface area contributed by atoms with Crippen LogP contribution < -0.4 is 0 Å². The van der Waals surface area contributed by atoms with Crippen LogP contribution >= 0.6 is 0 Å². The first kappa shape index (κ1) is 20.2. The van der Waals surface area contributed by atoms with Gasteiger partial charge in [-0.15, -0.1) is 0 Å². The molecular weight excluding hydrogens is 282 g/mol. The van der Waals surface area contributed by atoms with Gasteiger partial charge in [0.15, 0.2) is 0 Å². The van der Waals surface area contributed by atoms with Crippen molar-refractivity contribution in [3.8, 4) is 0 Å². The summed E-state index contributed by atoms with van der Waals surface area (Å²) in [5.74, 6) is 0. The molecule has 0 spiro atoms. The van der Waals surface area contributed by atoms with Gasteiger partial charge in [-0.1, -0.05) is 62.6 Å². The average Bonchev–Trinajstić information content (AvgIpc) is 2.59. The van der Waals surface area contributed by atoms with E-state index in [2.05, 4.69) is 56.1 Å². The highest BCUT2D eigenvalue weighted by Gasteiger charge is 2.29. The van der Waals surface area contributed by atoms with E-state index in [0.29, 0.717) is 12.1 Å². The highest BCUT2D eigenvalue weighted by molar-refractivity contribution is 5.21. The van der Waals surface area contributed by atoms with Crippen molar-refractivity contribution in [2.24, 2.45) is 0 Å². The molecule has 0 unspecified atom stereocenters. The van der Waals surface area contributed by atoms with Crippen molar-refractivity contribution < 1.29 is 4.74 Å². The van der Waals surface area contributed by atoms with E-state index >= 15 is 0 Å². The quantitative estimate of drug-likeness (QED) is 0.492. The van der Waals surface area contributed by atoms with Crippen LogP contribution in [0.4, 0.5) is 0 Å². The fourth-order valence-corrected chi connectivity index (χ4v) is 3.48. The Morgan fingerprint density at radius 1 is 1.13 bits per heavy atom. The van der Waals surface area contributed by atoms with Gasteiger partial charge in [-0.2, -0.15) is 0 Å². The standard InChI is InChI=1S/C21H37NO/c1-5-9-10-13-19(7-3)16-18-23-21-15-12-11-14-20(21)22(8-4)17-6-2/h5,7,9-10,13,20-21H,6,8,11-12,14-18H2,1-4H3/b9-5-,13-10-,19-7+/t20-,21-/m1/s1. The summed E-state index contributed by atoms with van der Waals surface area (Å²) in [5, 5.41) is 0. The lowest BCUT2D eigenvalue weighted by Crippen LogP contribution is -2.47. The Hall–Kier alpha value is -0.860. The number of ether oxygens (including phenoxy) is 1. The highest BCUT2D eigenvalue weighted by Crippen LogP contribution is 2.26. The summed E-state index contributed by atoms with van der Waals surface area (Å²) in [6.07, 6.45) is 18.5. The monoisotopic (exact) mass is 319 g/mol. The van der Waals surface area contributed by atoms with Gasteiger partial charge >= 0.3 is 0 Å². The summed E-state index contributed by atoms with van der Waals surface area (Å²) >= 11 is 0. The molecule has 1 rings (SSSR count). The summed E-state index contributed by atoms with van der Waals surface area (Å²) in [6, 6.07) is 0.626. The largest absolute Gasteiger partial charge is 0.376 e. The van der Waals surface area contributed by atoms with Crippen LogP contribution in [-0.4, -0.2) is 36.7 Å².